The van der Waals surface area contributed by atoms with E-state index in [1.54, 1.807) is 0 Å². The summed E-state index contributed by atoms with van der Waals surface area (Å²) in [6, 6.07) is 51.2. The van der Waals surface area contributed by atoms with E-state index >= 15 is 0 Å². The monoisotopic (exact) mass is 568 g/mol. The molecule has 210 valence electrons. The number of hydrazone groups is 1. The van der Waals surface area contributed by atoms with Crippen molar-refractivity contribution in [2.24, 2.45) is 5.10 Å². The predicted octanol–water partition coefficient (Wildman–Crippen LogP) is 8.98. The quantitative estimate of drug-likeness (QED) is 0.231. The highest BCUT2D eigenvalue weighted by atomic mass is 16.5. The first-order valence-corrected chi connectivity index (χ1v) is 15.0. The topological polar surface area (TPSA) is 42.9 Å². The minimum absolute atomic E-state index is 0.461. The number of nitrogens with zero attached hydrogens (tertiary/aromatic N) is 1. The van der Waals surface area contributed by atoms with Crippen LogP contribution >= 0.6 is 0 Å². The van der Waals surface area contributed by atoms with E-state index in [0.717, 1.165) is 39.3 Å². The summed E-state index contributed by atoms with van der Waals surface area (Å²) in [5.74, 6) is 2.32. The van der Waals surface area contributed by atoms with Gasteiger partial charge in [-0.15, -0.1) is 5.10 Å². The lowest BCUT2D eigenvalue weighted by Gasteiger charge is -2.39. The van der Waals surface area contributed by atoms with E-state index in [-0.39, 0.29) is 0 Å². The zero-order valence-corrected chi connectivity index (χ0v) is 24.1. The highest BCUT2D eigenvalue weighted by Crippen LogP contribution is 2.62. The molecule has 1 spiro atoms. The van der Waals surface area contributed by atoms with Gasteiger partial charge in [-0.25, -0.2) is 0 Å². The molecule has 2 aliphatic heterocycles. The van der Waals surface area contributed by atoms with E-state index in [2.05, 4.69) is 120 Å². The van der Waals surface area contributed by atoms with Gasteiger partial charge in [0.1, 0.15) is 11.5 Å². The lowest BCUT2D eigenvalue weighted by atomic mass is 9.66. The van der Waals surface area contributed by atoms with E-state index < -0.39 is 11.1 Å². The summed E-state index contributed by atoms with van der Waals surface area (Å²) in [7, 11) is 0. The SMILES string of the molecule is CC1(c2ccccc2)NN=C(c2cccc(-c3ccc4c(c3)Oc3ccccc3C43c4ccccc4-c4ccccc43)c2)O1. The molecule has 0 amide bonds. The summed E-state index contributed by atoms with van der Waals surface area (Å²) < 4.78 is 13.1. The Morgan fingerprint density at radius 1 is 0.523 bits per heavy atom. The minimum atomic E-state index is -0.720. The Labute approximate surface area is 256 Å². The number of nitrogens with one attached hydrogen (secondary N) is 1. The van der Waals surface area contributed by atoms with Gasteiger partial charge in [0, 0.05) is 29.2 Å². The molecular formula is C40H28N2O2. The van der Waals surface area contributed by atoms with Crippen LogP contribution in [-0.2, 0) is 15.9 Å². The molecule has 3 aliphatic rings. The third-order valence-electron chi connectivity index (χ3n) is 9.29. The molecule has 0 radical (unpaired) electrons. The molecule has 1 atom stereocenters. The lowest BCUT2D eigenvalue weighted by Crippen LogP contribution is -2.34. The van der Waals surface area contributed by atoms with E-state index in [1.165, 1.54) is 27.8 Å². The number of fused-ring (bicyclic) bond motifs is 9. The molecule has 0 aromatic heterocycles. The fourth-order valence-corrected chi connectivity index (χ4v) is 7.27. The molecule has 1 N–H and O–H groups in total. The van der Waals surface area contributed by atoms with E-state index in [0.29, 0.717) is 5.90 Å². The fourth-order valence-electron chi connectivity index (χ4n) is 7.27. The predicted molar refractivity (Wildman–Crippen MR) is 174 cm³/mol. The fraction of sp³-hybridized carbons (Fsp3) is 0.0750. The highest BCUT2D eigenvalue weighted by Gasteiger charge is 2.50. The van der Waals surface area contributed by atoms with Gasteiger partial charge in [-0.05, 0) is 57.6 Å². The molecule has 6 aromatic carbocycles. The van der Waals surface area contributed by atoms with Crippen LogP contribution in [0, 0.1) is 0 Å². The number of benzene rings is 6. The van der Waals surface area contributed by atoms with Crippen molar-refractivity contribution in [3.63, 3.8) is 0 Å². The van der Waals surface area contributed by atoms with Gasteiger partial charge >= 0.3 is 0 Å². The first-order chi connectivity index (χ1) is 21.6. The zero-order chi connectivity index (χ0) is 29.3. The maximum Gasteiger partial charge on any atom is 0.240 e. The molecule has 9 rings (SSSR count). The number of hydrogen-bond donors (Lipinski definition) is 1. The number of hydrogen-bond acceptors (Lipinski definition) is 4. The number of ether oxygens (including phenoxy) is 2. The van der Waals surface area contributed by atoms with Crippen LogP contribution in [-0.4, -0.2) is 5.90 Å². The average Bonchev–Trinajstić information content (AvgIpc) is 3.63. The summed E-state index contributed by atoms with van der Waals surface area (Å²) in [6.45, 7) is 2.00. The summed E-state index contributed by atoms with van der Waals surface area (Å²) in [5, 5.41) is 4.58. The van der Waals surface area contributed by atoms with Crippen LogP contribution in [0.1, 0.15) is 40.3 Å². The molecule has 1 unspecified atom stereocenters. The Morgan fingerprint density at radius 3 is 1.91 bits per heavy atom. The Hall–Kier alpha value is -5.61. The van der Waals surface area contributed by atoms with Gasteiger partial charge in [-0.2, -0.15) is 0 Å². The molecule has 2 heterocycles. The normalized spacial score (nSPS) is 18.2. The lowest BCUT2D eigenvalue weighted by molar-refractivity contribution is 0.0671. The summed E-state index contributed by atoms with van der Waals surface area (Å²) >= 11 is 0. The van der Waals surface area contributed by atoms with Crippen LogP contribution in [0.4, 0.5) is 0 Å². The van der Waals surface area contributed by atoms with Gasteiger partial charge in [0.15, 0.2) is 0 Å². The number of para-hydroxylation sites is 1. The maximum atomic E-state index is 6.70. The van der Waals surface area contributed by atoms with Gasteiger partial charge in [0.05, 0.1) is 5.41 Å². The van der Waals surface area contributed by atoms with Crippen molar-refractivity contribution in [1.82, 2.24) is 5.43 Å². The Morgan fingerprint density at radius 2 is 1.14 bits per heavy atom. The van der Waals surface area contributed by atoms with Gasteiger partial charge < -0.3 is 9.47 Å². The molecular weight excluding hydrogens is 540 g/mol. The van der Waals surface area contributed by atoms with Crippen molar-refractivity contribution < 1.29 is 9.47 Å². The van der Waals surface area contributed by atoms with Gasteiger partial charge in [0.2, 0.25) is 11.6 Å². The third-order valence-corrected chi connectivity index (χ3v) is 9.29. The summed E-state index contributed by atoms with van der Waals surface area (Å²) in [6.07, 6.45) is 0. The van der Waals surface area contributed by atoms with Crippen LogP contribution in [0.3, 0.4) is 0 Å². The Kier molecular flexibility index (Phi) is 5.21. The molecule has 0 saturated heterocycles. The van der Waals surface area contributed by atoms with Gasteiger partial charge in [0.25, 0.3) is 0 Å². The van der Waals surface area contributed by atoms with Crippen LogP contribution in [0.25, 0.3) is 22.3 Å². The van der Waals surface area contributed by atoms with Crippen molar-refractivity contribution in [2.75, 3.05) is 0 Å². The van der Waals surface area contributed by atoms with Crippen molar-refractivity contribution in [2.45, 2.75) is 18.1 Å². The van der Waals surface area contributed by atoms with Crippen molar-refractivity contribution in [3.05, 3.63) is 179 Å². The second-order valence-corrected chi connectivity index (χ2v) is 11.8. The van der Waals surface area contributed by atoms with Crippen LogP contribution in [0.2, 0.25) is 0 Å². The molecule has 1 aliphatic carbocycles. The molecule has 0 fully saturated rings. The molecule has 4 nitrogen and oxygen atoms in total. The standard InChI is InChI=1S/C40H28N2O2/c1-39(29-14-3-2-4-15-29)42-41-38(44-39)28-13-11-12-26(24-28)27-22-23-35-37(25-27)43-36-21-10-9-20-34(36)40(35)32-18-7-5-16-30(32)31-17-6-8-19-33(31)40/h2-25,42H,1H3. The molecule has 0 bridgehead atoms. The van der Waals surface area contributed by atoms with E-state index in [4.69, 9.17) is 9.47 Å². The molecule has 6 aromatic rings. The Balaban J connectivity index is 1.16. The van der Waals surface area contributed by atoms with E-state index in [1.807, 2.05) is 43.3 Å². The second kappa shape index (κ2) is 9.19. The largest absolute Gasteiger partial charge is 0.457 e. The first-order valence-electron chi connectivity index (χ1n) is 15.0. The van der Waals surface area contributed by atoms with Crippen molar-refractivity contribution in [1.29, 1.82) is 0 Å². The highest BCUT2D eigenvalue weighted by molar-refractivity contribution is 5.96. The minimum Gasteiger partial charge on any atom is -0.457 e. The van der Waals surface area contributed by atoms with Crippen LogP contribution in [0.15, 0.2) is 151 Å². The first kappa shape index (κ1) is 24.9. The maximum absolute atomic E-state index is 6.70. The molecule has 0 saturated carbocycles. The van der Waals surface area contributed by atoms with Crippen molar-refractivity contribution in [3.8, 4) is 33.8 Å². The number of rotatable bonds is 3. The van der Waals surface area contributed by atoms with E-state index in [9.17, 15) is 0 Å². The summed E-state index contributed by atoms with van der Waals surface area (Å²) in [5.41, 5.74) is 13.5. The molecule has 4 heteroatoms. The van der Waals surface area contributed by atoms with Gasteiger partial charge in [-0.1, -0.05) is 121 Å². The Bertz CT molecular complexity index is 2090. The zero-order valence-electron chi connectivity index (χ0n) is 24.1. The third kappa shape index (κ3) is 3.42. The summed E-state index contributed by atoms with van der Waals surface area (Å²) in [4.78, 5) is 0. The molecule has 44 heavy (non-hydrogen) atoms. The van der Waals surface area contributed by atoms with Crippen LogP contribution in [0.5, 0.6) is 11.5 Å². The smallest absolute Gasteiger partial charge is 0.240 e. The van der Waals surface area contributed by atoms with Crippen molar-refractivity contribution >= 4 is 5.90 Å². The average molecular weight is 569 g/mol. The second-order valence-electron chi connectivity index (χ2n) is 11.8. The van der Waals surface area contributed by atoms with Gasteiger partial charge in [-0.3, -0.25) is 5.43 Å². The van der Waals surface area contributed by atoms with Crippen LogP contribution < -0.4 is 10.2 Å².